The fourth-order valence-electron chi connectivity index (χ4n) is 3.07. The topological polar surface area (TPSA) is 83.5 Å². The number of pyridine rings is 1. The van der Waals surface area contributed by atoms with Gasteiger partial charge in [0.1, 0.15) is 16.5 Å². The molecule has 148 valence electrons. The van der Waals surface area contributed by atoms with Gasteiger partial charge in [-0.15, -0.1) is 4.40 Å². The van der Waals surface area contributed by atoms with E-state index in [1.807, 2.05) is 18.2 Å². The van der Waals surface area contributed by atoms with Crippen molar-refractivity contribution in [2.45, 2.75) is 11.3 Å². The highest BCUT2D eigenvalue weighted by atomic mass is 32.2. The quantitative estimate of drug-likeness (QED) is 0.684. The van der Waals surface area contributed by atoms with Crippen LogP contribution in [0.25, 0.3) is 11.1 Å². The molecule has 0 bridgehead atoms. The van der Waals surface area contributed by atoms with E-state index in [-0.39, 0.29) is 22.1 Å². The van der Waals surface area contributed by atoms with Crippen molar-refractivity contribution in [3.63, 3.8) is 0 Å². The second-order valence-electron chi connectivity index (χ2n) is 6.37. The molecule has 0 atom stereocenters. The molecule has 1 aliphatic rings. The lowest BCUT2D eigenvalue weighted by Crippen LogP contribution is -2.36. The van der Waals surface area contributed by atoms with Crippen molar-refractivity contribution in [2.24, 2.45) is 4.40 Å². The summed E-state index contributed by atoms with van der Waals surface area (Å²) in [5, 5.41) is 5.88. The first-order valence-electron chi connectivity index (χ1n) is 8.78. The molecule has 2 aromatic carbocycles. The molecule has 0 saturated carbocycles. The lowest BCUT2D eigenvalue weighted by molar-refractivity contribution is 0.584. The van der Waals surface area contributed by atoms with Gasteiger partial charge in [0.2, 0.25) is 5.96 Å². The summed E-state index contributed by atoms with van der Waals surface area (Å²) in [6.07, 6.45) is 2.24. The zero-order chi connectivity index (χ0) is 20.4. The fourth-order valence-corrected chi connectivity index (χ4v) is 4.19. The number of aromatic nitrogens is 1. The number of rotatable bonds is 4. The van der Waals surface area contributed by atoms with Gasteiger partial charge in [-0.25, -0.2) is 8.78 Å². The number of anilines is 1. The van der Waals surface area contributed by atoms with Crippen LogP contribution in [0.2, 0.25) is 0 Å². The van der Waals surface area contributed by atoms with Crippen LogP contribution in [0.15, 0.2) is 70.1 Å². The van der Waals surface area contributed by atoms with E-state index in [9.17, 15) is 17.2 Å². The summed E-state index contributed by atoms with van der Waals surface area (Å²) in [5.41, 5.74) is 1.63. The predicted molar refractivity (Wildman–Crippen MR) is 106 cm³/mol. The minimum absolute atomic E-state index is 0.0396. The van der Waals surface area contributed by atoms with Crippen LogP contribution < -0.4 is 10.6 Å². The Morgan fingerprint density at radius 3 is 2.52 bits per heavy atom. The van der Waals surface area contributed by atoms with Crippen LogP contribution >= 0.6 is 0 Å². The number of benzene rings is 2. The molecule has 0 spiro atoms. The summed E-state index contributed by atoms with van der Waals surface area (Å²) < 4.78 is 56.3. The number of nitrogens with zero attached hydrogens (tertiary/aromatic N) is 2. The van der Waals surface area contributed by atoms with Crippen LogP contribution in [0.4, 0.5) is 14.5 Å². The zero-order valence-electron chi connectivity index (χ0n) is 15.1. The Balaban J connectivity index is 1.64. The van der Waals surface area contributed by atoms with E-state index in [4.69, 9.17) is 0 Å². The number of halogens is 2. The van der Waals surface area contributed by atoms with E-state index in [2.05, 4.69) is 20.0 Å². The van der Waals surface area contributed by atoms with Crippen molar-refractivity contribution in [3.05, 3.63) is 78.1 Å². The number of para-hydroxylation sites is 1. The highest BCUT2D eigenvalue weighted by Gasteiger charge is 2.27. The molecule has 0 aliphatic carbocycles. The molecule has 1 aromatic heterocycles. The first-order valence-corrected chi connectivity index (χ1v) is 10.2. The van der Waals surface area contributed by atoms with Gasteiger partial charge in [0.15, 0.2) is 0 Å². The van der Waals surface area contributed by atoms with Crippen molar-refractivity contribution in [1.82, 2.24) is 10.3 Å². The van der Waals surface area contributed by atoms with Crippen LogP contribution in [0.5, 0.6) is 0 Å². The Morgan fingerprint density at radius 1 is 1.00 bits per heavy atom. The summed E-state index contributed by atoms with van der Waals surface area (Å²) in [6.45, 7) is 0.393. The fraction of sp³-hybridized carbons (Fsp3) is 0.100. The molecule has 4 rings (SSSR count). The molecule has 2 N–H and O–H groups in total. The number of hydrogen-bond donors (Lipinski definition) is 2. The van der Waals surface area contributed by atoms with Gasteiger partial charge >= 0.3 is 0 Å². The molecule has 6 nitrogen and oxygen atoms in total. The van der Waals surface area contributed by atoms with Crippen LogP contribution in [0.3, 0.4) is 0 Å². The van der Waals surface area contributed by atoms with E-state index in [1.165, 1.54) is 12.1 Å². The number of hydrogen-bond acceptors (Lipinski definition) is 5. The van der Waals surface area contributed by atoms with Crippen LogP contribution in [0.1, 0.15) is 5.69 Å². The molecular formula is C20H16F2N4O2S. The molecule has 0 fully saturated rings. The summed E-state index contributed by atoms with van der Waals surface area (Å²) in [5.74, 6) is -1.46. The average Bonchev–Trinajstić information content (AvgIpc) is 2.67. The van der Waals surface area contributed by atoms with Gasteiger partial charge in [-0.05, 0) is 35.9 Å². The number of guanidine groups is 1. The van der Waals surface area contributed by atoms with Gasteiger partial charge in [-0.3, -0.25) is 4.98 Å². The molecule has 9 heteroatoms. The molecule has 2 heterocycles. The first-order chi connectivity index (χ1) is 13.9. The third-order valence-electron chi connectivity index (χ3n) is 4.33. The molecule has 0 saturated heterocycles. The Labute approximate surface area is 166 Å². The lowest BCUT2D eigenvalue weighted by atomic mass is 10.0. The third-order valence-corrected chi connectivity index (χ3v) is 5.65. The molecule has 1 aliphatic heterocycles. The van der Waals surface area contributed by atoms with Gasteiger partial charge in [-0.2, -0.15) is 8.42 Å². The maximum atomic E-state index is 13.7. The predicted octanol–water partition coefficient (Wildman–Crippen LogP) is 3.33. The largest absolute Gasteiger partial charge is 0.355 e. The normalized spacial score (nSPS) is 14.5. The Morgan fingerprint density at radius 2 is 1.79 bits per heavy atom. The molecule has 29 heavy (non-hydrogen) atoms. The van der Waals surface area contributed by atoms with Crippen LogP contribution in [-0.4, -0.2) is 25.9 Å². The van der Waals surface area contributed by atoms with Crippen molar-refractivity contribution in [3.8, 4) is 11.1 Å². The van der Waals surface area contributed by atoms with Crippen molar-refractivity contribution >= 4 is 21.7 Å². The summed E-state index contributed by atoms with van der Waals surface area (Å²) >= 11 is 0. The molecule has 0 amide bonds. The van der Waals surface area contributed by atoms with Crippen LogP contribution in [0, 0.1) is 11.6 Å². The minimum Gasteiger partial charge on any atom is -0.355 e. The van der Waals surface area contributed by atoms with E-state index < -0.39 is 21.7 Å². The highest BCUT2D eigenvalue weighted by Crippen LogP contribution is 2.36. The molecular weight excluding hydrogens is 398 g/mol. The van der Waals surface area contributed by atoms with E-state index >= 15 is 0 Å². The van der Waals surface area contributed by atoms with Crippen LogP contribution in [-0.2, 0) is 16.4 Å². The monoisotopic (exact) mass is 414 g/mol. The smallest absolute Gasteiger partial charge is 0.287 e. The summed E-state index contributed by atoms with van der Waals surface area (Å²) in [4.78, 5) is 4.15. The molecule has 0 radical (unpaired) electrons. The molecule has 3 aromatic rings. The first kappa shape index (κ1) is 19.0. The van der Waals surface area contributed by atoms with Gasteiger partial charge in [0.25, 0.3) is 10.0 Å². The maximum absolute atomic E-state index is 13.7. The van der Waals surface area contributed by atoms with E-state index in [0.717, 1.165) is 23.9 Å². The zero-order valence-corrected chi connectivity index (χ0v) is 15.9. The van der Waals surface area contributed by atoms with Crippen molar-refractivity contribution in [2.75, 3.05) is 11.9 Å². The summed E-state index contributed by atoms with van der Waals surface area (Å²) in [6, 6.07) is 13.1. The minimum atomic E-state index is -3.98. The van der Waals surface area contributed by atoms with E-state index in [1.54, 1.807) is 12.3 Å². The van der Waals surface area contributed by atoms with E-state index in [0.29, 0.717) is 18.5 Å². The van der Waals surface area contributed by atoms with Gasteiger partial charge in [-0.1, -0.05) is 18.2 Å². The lowest BCUT2D eigenvalue weighted by Gasteiger charge is -2.22. The van der Waals surface area contributed by atoms with Crippen molar-refractivity contribution < 1.29 is 17.2 Å². The number of sulfonamides is 1. The maximum Gasteiger partial charge on any atom is 0.287 e. The average molecular weight is 414 g/mol. The third kappa shape index (κ3) is 4.09. The Bertz CT molecular complexity index is 1180. The second-order valence-corrected chi connectivity index (χ2v) is 7.95. The van der Waals surface area contributed by atoms with Gasteiger partial charge in [0.05, 0.1) is 5.69 Å². The SMILES string of the molecule is O=S1(=O)N=C(NCCc2ccccn2)Nc2c(-c3cc(F)cc(F)c3)cccc21. The Hall–Kier alpha value is -3.33. The van der Waals surface area contributed by atoms with Crippen molar-refractivity contribution in [1.29, 1.82) is 0 Å². The van der Waals surface area contributed by atoms with Gasteiger partial charge in [0, 0.05) is 36.5 Å². The second kappa shape index (κ2) is 7.59. The molecule has 0 unspecified atom stereocenters. The van der Waals surface area contributed by atoms with Gasteiger partial charge < -0.3 is 10.6 Å². The standard InChI is InChI=1S/C20H16F2N4O2S/c21-14-10-13(11-15(22)12-14)17-5-3-6-18-19(17)25-20(26-29(18,27)28)24-9-7-16-4-1-2-8-23-16/h1-6,8,10-12H,7,9H2,(H2,24,25,26). The summed E-state index contributed by atoms with van der Waals surface area (Å²) in [7, 11) is -3.98. The highest BCUT2D eigenvalue weighted by molar-refractivity contribution is 7.90. The number of fused-ring (bicyclic) bond motifs is 1. The number of nitrogens with one attached hydrogen (secondary N) is 2. The Kier molecular flexibility index (Phi) is 4.98.